The van der Waals surface area contributed by atoms with Crippen LogP contribution in [0.3, 0.4) is 0 Å². The van der Waals surface area contributed by atoms with Crippen LogP contribution < -0.4 is 4.90 Å². The molecule has 1 heterocycles. The summed E-state index contributed by atoms with van der Waals surface area (Å²) in [6.45, 7) is 4.39. The monoisotopic (exact) mass is 308 g/mol. The number of ether oxygens (including phenoxy) is 1. The van der Waals surface area contributed by atoms with Crippen molar-refractivity contribution in [2.75, 3.05) is 31.7 Å². The molecule has 0 saturated heterocycles. The van der Waals surface area contributed by atoms with Crippen molar-refractivity contribution in [2.24, 2.45) is 0 Å². The highest BCUT2D eigenvalue weighted by atomic mass is 79.9. The molecule has 0 fully saturated rings. The van der Waals surface area contributed by atoms with Crippen LogP contribution in [0.2, 0.25) is 0 Å². The number of halogens is 1. The van der Waals surface area contributed by atoms with Gasteiger partial charge in [-0.25, -0.2) is 0 Å². The molecule has 0 amide bonds. The molecule has 2 rings (SSSR count). The molecule has 0 saturated carbocycles. The highest BCUT2D eigenvalue weighted by molar-refractivity contribution is 9.10. The molecule has 18 heavy (non-hydrogen) atoms. The van der Waals surface area contributed by atoms with E-state index in [0.717, 1.165) is 35.1 Å². The van der Waals surface area contributed by atoms with E-state index in [1.807, 2.05) is 31.3 Å². The summed E-state index contributed by atoms with van der Waals surface area (Å²) < 4.78 is 6.47. The molecule has 4 heteroatoms. The Morgan fingerprint density at radius 1 is 1.33 bits per heavy atom. The lowest BCUT2D eigenvalue weighted by Crippen LogP contribution is -2.22. The summed E-state index contributed by atoms with van der Waals surface area (Å²) in [6.07, 6.45) is 1.85. The molecule has 0 aliphatic carbocycles. The summed E-state index contributed by atoms with van der Waals surface area (Å²) >= 11 is 3.51. The van der Waals surface area contributed by atoms with E-state index in [4.69, 9.17) is 4.74 Å². The van der Waals surface area contributed by atoms with Gasteiger partial charge >= 0.3 is 0 Å². The summed E-state index contributed by atoms with van der Waals surface area (Å²) in [7, 11) is 2.08. The molecule has 0 bridgehead atoms. The second kappa shape index (κ2) is 6.16. The van der Waals surface area contributed by atoms with E-state index < -0.39 is 0 Å². The topological polar surface area (TPSA) is 25.4 Å². The first-order chi connectivity index (χ1) is 8.72. The zero-order valence-electron chi connectivity index (χ0n) is 10.7. The van der Waals surface area contributed by atoms with Crippen LogP contribution >= 0.6 is 15.9 Å². The van der Waals surface area contributed by atoms with Crippen molar-refractivity contribution in [3.63, 3.8) is 0 Å². The molecule has 0 unspecified atom stereocenters. The first-order valence-electron chi connectivity index (χ1n) is 6.05. The van der Waals surface area contributed by atoms with Gasteiger partial charge in [-0.2, -0.15) is 0 Å². The van der Waals surface area contributed by atoms with Crippen LogP contribution in [0, 0.1) is 0 Å². The van der Waals surface area contributed by atoms with Crippen molar-refractivity contribution >= 4 is 32.5 Å². The molecule has 0 aliphatic rings. The molecular formula is C14H17BrN2O. The predicted octanol–water partition coefficient (Wildman–Crippen LogP) is 3.47. The fraction of sp³-hybridized carbons (Fsp3) is 0.357. The van der Waals surface area contributed by atoms with Crippen molar-refractivity contribution in [3.8, 4) is 0 Å². The molecule has 0 N–H and O–H groups in total. The van der Waals surface area contributed by atoms with Crippen molar-refractivity contribution in [1.29, 1.82) is 0 Å². The van der Waals surface area contributed by atoms with Gasteiger partial charge in [0.15, 0.2) is 0 Å². The fourth-order valence-electron chi connectivity index (χ4n) is 1.90. The van der Waals surface area contributed by atoms with Crippen LogP contribution in [0.1, 0.15) is 6.92 Å². The molecule has 96 valence electrons. The molecule has 0 aliphatic heterocycles. The van der Waals surface area contributed by atoms with Gasteiger partial charge in [-0.15, -0.1) is 0 Å². The Balaban J connectivity index is 2.29. The van der Waals surface area contributed by atoms with E-state index in [0.29, 0.717) is 0 Å². The zero-order valence-corrected chi connectivity index (χ0v) is 12.3. The number of hydrogen-bond donors (Lipinski definition) is 0. The quantitative estimate of drug-likeness (QED) is 0.791. The van der Waals surface area contributed by atoms with Crippen LogP contribution in [-0.4, -0.2) is 31.8 Å². The van der Waals surface area contributed by atoms with Gasteiger partial charge in [0.05, 0.1) is 12.1 Å². The third kappa shape index (κ3) is 3.00. The number of pyridine rings is 1. The molecule has 2 aromatic rings. The maximum absolute atomic E-state index is 5.39. The predicted molar refractivity (Wildman–Crippen MR) is 79.2 cm³/mol. The summed E-state index contributed by atoms with van der Waals surface area (Å²) in [5.41, 5.74) is 2.19. The molecule has 0 radical (unpaired) electrons. The van der Waals surface area contributed by atoms with Crippen LogP contribution in [0.15, 0.2) is 34.9 Å². The van der Waals surface area contributed by atoms with Crippen LogP contribution in [0.25, 0.3) is 10.9 Å². The average Bonchev–Trinajstić information content (AvgIpc) is 2.38. The van der Waals surface area contributed by atoms with Gasteiger partial charge in [0.1, 0.15) is 0 Å². The van der Waals surface area contributed by atoms with Gasteiger partial charge in [0.2, 0.25) is 0 Å². The van der Waals surface area contributed by atoms with Crippen LogP contribution in [-0.2, 0) is 4.74 Å². The Morgan fingerprint density at radius 2 is 2.17 bits per heavy atom. The lowest BCUT2D eigenvalue weighted by molar-refractivity contribution is 0.154. The minimum absolute atomic E-state index is 0.741. The highest BCUT2D eigenvalue weighted by Gasteiger charge is 2.07. The van der Waals surface area contributed by atoms with E-state index in [-0.39, 0.29) is 0 Å². The Morgan fingerprint density at radius 3 is 2.94 bits per heavy atom. The van der Waals surface area contributed by atoms with Gasteiger partial charge in [0.25, 0.3) is 0 Å². The number of rotatable bonds is 5. The molecule has 0 spiro atoms. The largest absolute Gasteiger partial charge is 0.380 e. The Hall–Kier alpha value is -1.13. The number of anilines is 1. The summed E-state index contributed by atoms with van der Waals surface area (Å²) in [4.78, 5) is 6.58. The Labute approximate surface area is 116 Å². The number of likely N-dealkylation sites (N-methyl/N-ethyl adjacent to an activating group) is 1. The second-order valence-electron chi connectivity index (χ2n) is 4.11. The SMILES string of the molecule is CCOCCN(C)c1ccnc2ccc(Br)cc12. The van der Waals surface area contributed by atoms with E-state index in [1.165, 1.54) is 5.69 Å². The summed E-state index contributed by atoms with van der Waals surface area (Å²) in [6, 6.07) is 8.19. The van der Waals surface area contributed by atoms with E-state index in [2.05, 4.69) is 38.9 Å². The zero-order chi connectivity index (χ0) is 13.0. The standard InChI is InChI=1S/C14H17BrN2O/c1-3-18-9-8-17(2)14-6-7-16-13-5-4-11(15)10-12(13)14/h4-7,10H,3,8-9H2,1-2H3. The van der Waals surface area contributed by atoms with Gasteiger partial charge < -0.3 is 9.64 Å². The van der Waals surface area contributed by atoms with Gasteiger partial charge in [0, 0.05) is 41.9 Å². The highest BCUT2D eigenvalue weighted by Crippen LogP contribution is 2.27. The lowest BCUT2D eigenvalue weighted by atomic mass is 10.2. The second-order valence-corrected chi connectivity index (χ2v) is 5.03. The molecule has 0 atom stereocenters. The van der Waals surface area contributed by atoms with E-state index >= 15 is 0 Å². The lowest BCUT2D eigenvalue weighted by Gasteiger charge is -2.20. The number of benzene rings is 1. The maximum Gasteiger partial charge on any atom is 0.0723 e. The Bertz CT molecular complexity index is 530. The van der Waals surface area contributed by atoms with Crippen molar-refractivity contribution in [3.05, 3.63) is 34.9 Å². The van der Waals surface area contributed by atoms with Crippen molar-refractivity contribution in [2.45, 2.75) is 6.92 Å². The minimum Gasteiger partial charge on any atom is -0.380 e. The van der Waals surface area contributed by atoms with E-state index in [9.17, 15) is 0 Å². The average molecular weight is 309 g/mol. The smallest absolute Gasteiger partial charge is 0.0723 e. The molecule has 1 aromatic heterocycles. The van der Waals surface area contributed by atoms with Crippen LogP contribution in [0.4, 0.5) is 5.69 Å². The molecular weight excluding hydrogens is 292 g/mol. The first kappa shape index (κ1) is 13.3. The number of fused-ring (bicyclic) bond motifs is 1. The van der Waals surface area contributed by atoms with Crippen molar-refractivity contribution < 1.29 is 4.74 Å². The minimum atomic E-state index is 0.741. The third-order valence-corrected chi connectivity index (χ3v) is 3.36. The van der Waals surface area contributed by atoms with Gasteiger partial charge in [-0.3, -0.25) is 4.98 Å². The molecule has 1 aromatic carbocycles. The number of nitrogens with zero attached hydrogens (tertiary/aromatic N) is 2. The van der Waals surface area contributed by atoms with Crippen LogP contribution in [0.5, 0.6) is 0 Å². The fourth-order valence-corrected chi connectivity index (χ4v) is 2.26. The number of aromatic nitrogens is 1. The molecule has 3 nitrogen and oxygen atoms in total. The summed E-state index contributed by atoms with van der Waals surface area (Å²) in [5, 5.41) is 1.16. The maximum atomic E-state index is 5.39. The van der Waals surface area contributed by atoms with Gasteiger partial charge in [-0.05, 0) is 31.2 Å². The third-order valence-electron chi connectivity index (χ3n) is 2.87. The Kier molecular flexibility index (Phi) is 4.55. The van der Waals surface area contributed by atoms with Gasteiger partial charge in [-0.1, -0.05) is 15.9 Å². The first-order valence-corrected chi connectivity index (χ1v) is 6.85. The summed E-state index contributed by atoms with van der Waals surface area (Å²) in [5.74, 6) is 0. The van der Waals surface area contributed by atoms with Crippen molar-refractivity contribution in [1.82, 2.24) is 4.98 Å². The van der Waals surface area contributed by atoms with E-state index in [1.54, 1.807) is 0 Å². The number of hydrogen-bond acceptors (Lipinski definition) is 3. The normalized spacial score (nSPS) is 10.8.